The number of alkyl halides is 3. The number of rotatable bonds is 6. The Kier molecular flexibility index (Phi) is 5.79. The van der Waals surface area contributed by atoms with Gasteiger partial charge in [0, 0.05) is 32.9 Å². The predicted octanol–water partition coefficient (Wildman–Crippen LogP) is 3.37. The van der Waals surface area contributed by atoms with Crippen LogP contribution in [0.15, 0.2) is 36.8 Å². The molecule has 1 N–H and O–H groups in total. The second-order valence-electron chi connectivity index (χ2n) is 4.98. The molecule has 1 aromatic heterocycles. The van der Waals surface area contributed by atoms with Crippen LogP contribution in [0.3, 0.4) is 0 Å². The number of hydrogen-bond acceptors (Lipinski definition) is 4. The molecule has 0 spiro atoms. The van der Waals surface area contributed by atoms with Gasteiger partial charge in [-0.05, 0) is 23.8 Å². The van der Waals surface area contributed by atoms with Crippen molar-refractivity contribution in [3.8, 4) is 0 Å². The zero-order chi connectivity index (χ0) is 16.9. The second-order valence-corrected chi connectivity index (χ2v) is 5.39. The SMILES string of the molecule is CN(CCNCc1ccc(C(F)(F)F)c(Cl)c1)c1ccncn1. The average molecular weight is 345 g/mol. The first kappa shape index (κ1) is 17.5. The van der Waals surface area contributed by atoms with E-state index in [0.29, 0.717) is 25.2 Å². The minimum absolute atomic E-state index is 0.282. The van der Waals surface area contributed by atoms with E-state index in [4.69, 9.17) is 11.6 Å². The first-order valence-corrected chi connectivity index (χ1v) is 7.29. The highest BCUT2D eigenvalue weighted by molar-refractivity contribution is 6.31. The maximum atomic E-state index is 12.6. The zero-order valence-electron chi connectivity index (χ0n) is 12.4. The van der Waals surface area contributed by atoms with E-state index in [1.165, 1.54) is 18.5 Å². The molecule has 0 aliphatic heterocycles. The summed E-state index contributed by atoms with van der Waals surface area (Å²) in [5, 5.41) is 2.88. The maximum Gasteiger partial charge on any atom is 0.417 e. The van der Waals surface area contributed by atoms with Gasteiger partial charge in [-0.15, -0.1) is 0 Å². The molecule has 1 aromatic carbocycles. The van der Waals surface area contributed by atoms with E-state index in [0.717, 1.165) is 11.9 Å². The Labute approximate surface area is 137 Å². The first-order chi connectivity index (χ1) is 10.9. The monoisotopic (exact) mass is 344 g/mol. The summed E-state index contributed by atoms with van der Waals surface area (Å²) in [7, 11) is 1.90. The van der Waals surface area contributed by atoms with E-state index in [1.807, 2.05) is 11.9 Å². The molecule has 0 fully saturated rings. The predicted molar refractivity (Wildman–Crippen MR) is 83.5 cm³/mol. The molecule has 8 heteroatoms. The van der Waals surface area contributed by atoms with Crippen molar-refractivity contribution in [1.29, 1.82) is 0 Å². The fourth-order valence-corrected chi connectivity index (χ4v) is 2.31. The molecule has 0 aliphatic carbocycles. The molecule has 0 unspecified atom stereocenters. The van der Waals surface area contributed by atoms with E-state index >= 15 is 0 Å². The lowest BCUT2D eigenvalue weighted by molar-refractivity contribution is -0.137. The molecular formula is C15H16ClF3N4. The van der Waals surface area contributed by atoms with Crippen LogP contribution in [0.5, 0.6) is 0 Å². The number of nitrogens with zero attached hydrogens (tertiary/aromatic N) is 3. The number of likely N-dealkylation sites (N-methyl/N-ethyl adjacent to an activating group) is 1. The fourth-order valence-electron chi connectivity index (χ4n) is 2.00. The minimum Gasteiger partial charge on any atom is -0.358 e. The van der Waals surface area contributed by atoms with Crippen molar-refractivity contribution in [2.45, 2.75) is 12.7 Å². The van der Waals surface area contributed by atoms with E-state index in [9.17, 15) is 13.2 Å². The molecule has 0 aliphatic rings. The molecule has 0 saturated heterocycles. The highest BCUT2D eigenvalue weighted by Gasteiger charge is 2.32. The summed E-state index contributed by atoms with van der Waals surface area (Å²) in [6.07, 6.45) is -1.29. The van der Waals surface area contributed by atoms with Crippen LogP contribution in [0.25, 0.3) is 0 Å². The highest BCUT2D eigenvalue weighted by atomic mass is 35.5. The van der Waals surface area contributed by atoms with Crippen LogP contribution in [0, 0.1) is 0 Å². The van der Waals surface area contributed by atoms with Crippen molar-refractivity contribution in [3.05, 3.63) is 52.9 Å². The summed E-state index contributed by atoms with van der Waals surface area (Å²) in [6, 6.07) is 5.57. The van der Waals surface area contributed by atoms with Gasteiger partial charge in [0.1, 0.15) is 12.1 Å². The Morgan fingerprint density at radius 1 is 1.26 bits per heavy atom. The number of hydrogen-bond donors (Lipinski definition) is 1. The Bertz CT molecular complexity index is 634. The van der Waals surface area contributed by atoms with Gasteiger partial charge in [-0.25, -0.2) is 9.97 Å². The first-order valence-electron chi connectivity index (χ1n) is 6.91. The van der Waals surface area contributed by atoms with Gasteiger partial charge in [-0.3, -0.25) is 0 Å². The smallest absolute Gasteiger partial charge is 0.358 e. The number of benzene rings is 1. The van der Waals surface area contributed by atoms with Crippen molar-refractivity contribution in [1.82, 2.24) is 15.3 Å². The highest BCUT2D eigenvalue weighted by Crippen LogP contribution is 2.34. The molecule has 0 atom stereocenters. The normalized spacial score (nSPS) is 11.5. The van der Waals surface area contributed by atoms with Crippen LogP contribution in [0.4, 0.5) is 19.0 Å². The third-order valence-corrected chi connectivity index (χ3v) is 3.56. The Balaban J connectivity index is 1.82. The van der Waals surface area contributed by atoms with Crippen LogP contribution in [-0.2, 0) is 12.7 Å². The van der Waals surface area contributed by atoms with Crippen LogP contribution in [0.2, 0.25) is 5.02 Å². The Morgan fingerprint density at radius 3 is 2.65 bits per heavy atom. The summed E-state index contributed by atoms with van der Waals surface area (Å²) in [6.45, 7) is 1.79. The minimum atomic E-state index is -4.43. The molecule has 0 bridgehead atoms. The van der Waals surface area contributed by atoms with Gasteiger partial charge < -0.3 is 10.2 Å². The topological polar surface area (TPSA) is 41.0 Å². The molecule has 0 saturated carbocycles. The van der Waals surface area contributed by atoms with E-state index in [2.05, 4.69) is 15.3 Å². The summed E-state index contributed by atoms with van der Waals surface area (Å²) >= 11 is 5.69. The zero-order valence-corrected chi connectivity index (χ0v) is 13.2. The second kappa shape index (κ2) is 7.61. The maximum absolute atomic E-state index is 12.6. The molecule has 124 valence electrons. The molecule has 2 rings (SSSR count). The van der Waals surface area contributed by atoms with Gasteiger partial charge in [0.15, 0.2) is 0 Å². The third kappa shape index (κ3) is 5.07. The van der Waals surface area contributed by atoms with Crippen molar-refractivity contribution in [3.63, 3.8) is 0 Å². The number of nitrogens with one attached hydrogen (secondary N) is 1. The van der Waals surface area contributed by atoms with Crippen LogP contribution < -0.4 is 10.2 Å². The van der Waals surface area contributed by atoms with Crippen LogP contribution >= 0.6 is 11.6 Å². The largest absolute Gasteiger partial charge is 0.417 e. The van der Waals surface area contributed by atoms with E-state index in [1.54, 1.807) is 12.3 Å². The van der Waals surface area contributed by atoms with Gasteiger partial charge in [-0.1, -0.05) is 17.7 Å². The van der Waals surface area contributed by atoms with Gasteiger partial charge >= 0.3 is 6.18 Å². The average Bonchev–Trinajstić information content (AvgIpc) is 2.51. The Hall–Kier alpha value is -1.86. The van der Waals surface area contributed by atoms with Crippen LogP contribution in [-0.4, -0.2) is 30.1 Å². The molecule has 23 heavy (non-hydrogen) atoms. The summed E-state index contributed by atoms with van der Waals surface area (Å²) in [5.41, 5.74) is -0.112. The standard InChI is InChI=1S/C15H16ClF3N4/c1-23(14-4-5-21-10-22-14)7-6-20-9-11-2-3-12(13(16)8-11)15(17,18)19/h2-5,8,10,20H,6-7,9H2,1H3. The summed E-state index contributed by atoms with van der Waals surface area (Å²) < 4.78 is 37.9. The summed E-state index contributed by atoms with van der Waals surface area (Å²) in [5.74, 6) is 0.805. The van der Waals surface area contributed by atoms with Gasteiger partial charge in [0.05, 0.1) is 10.6 Å². The third-order valence-electron chi connectivity index (χ3n) is 3.25. The molecular weight excluding hydrogens is 329 g/mol. The van der Waals surface area contributed by atoms with E-state index in [-0.39, 0.29) is 5.02 Å². The molecule has 0 amide bonds. The van der Waals surface area contributed by atoms with Crippen molar-refractivity contribution >= 4 is 17.4 Å². The van der Waals surface area contributed by atoms with Crippen molar-refractivity contribution in [2.75, 3.05) is 25.0 Å². The lowest BCUT2D eigenvalue weighted by Crippen LogP contribution is -2.29. The quantitative estimate of drug-likeness (QED) is 0.816. The van der Waals surface area contributed by atoms with Gasteiger partial charge in [-0.2, -0.15) is 13.2 Å². The van der Waals surface area contributed by atoms with Gasteiger partial charge in [0.25, 0.3) is 0 Å². The summed E-state index contributed by atoms with van der Waals surface area (Å²) in [4.78, 5) is 9.93. The lowest BCUT2D eigenvalue weighted by atomic mass is 10.1. The molecule has 1 heterocycles. The fraction of sp³-hybridized carbons (Fsp3) is 0.333. The number of halogens is 4. The van der Waals surface area contributed by atoms with Gasteiger partial charge in [0.2, 0.25) is 0 Å². The lowest BCUT2D eigenvalue weighted by Gasteiger charge is -2.18. The van der Waals surface area contributed by atoms with E-state index < -0.39 is 11.7 Å². The number of anilines is 1. The van der Waals surface area contributed by atoms with Crippen molar-refractivity contribution in [2.24, 2.45) is 0 Å². The molecule has 0 radical (unpaired) electrons. The molecule has 4 nitrogen and oxygen atoms in total. The Morgan fingerprint density at radius 2 is 2.04 bits per heavy atom. The van der Waals surface area contributed by atoms with Crippen molar-refractivity contribution < 1.29 is 13.2 Å². The molecule has 2 aromatic rings. The number of aromatic nitrogens is 2. The van der Waals surface area contributed by atoms with Crippen LogP contribution in [0.1, 0.15) is 11.1 Å².